The van der Waals surface area contributed by atoms with Crippen molar-refractivity contribution in [1.82, 2.24) is 19.7 Å². The highest BCUT2D eigenvalue weighted by Gasteiger charge is 2.27. The maximum absolute atomic E-state index is 12.9. The lowest BCUT2D eigenvalue weighted by Gasteiger charge is -2.36. The molecule has 2 saturated heterocycles. The van der Waals surface area contributed by atoms with E-state index in [4.69, 9.17) is 4.74 Å². The minimum Gasteiger partial charge on any atom is -0.379 e. The number of piperazine rings is 1. The number of benzene rings is 1. The minimum atomic E-state index is -0.0528. The molecule has 30 heavy (non-hydrogen) atoms. The van der Waals surface area contributed by atoms with E-state index in [9.17, 15) is 9.59 Å². The highest BCUT2D eigenvalue weighted by molar-refractivity contribution is 7.13. The zero-order valence-electron chi connectivity index (χ0n) is 17.4. The second-order valence-corrected chi connectivity index (χ2v) is 8.51. The summed E-state index contributed by atoms with van der Waals surface area (Å²) in [6.07, 6.45) is 1.00. The molecule has 160 valence electrons. The lowest BCUT2D eigenvalue weighted by Crippen LogP contribution is -2.53. The summed E-state index contributed by atoms with van der Waals surface area (Å²) in [5.41, 5.74) is 2.81. The smallest absolute Gasteiger partial charge is 0.273 e. The van der Waals surface area contributed by atoms with Crippen molar-refractivity contribution >= 4 is 23.2 Å². The monoisotopic (exact) mass is 428 g/mol. The first kappa shape index (κ1) is 21.0. The Morgan fingerprint density at radius 1 is 1.00 bits per heavy atom. The van der Waals surface area contributed by atoms with Crippen molar-refractivity contribution in [3.63, 3.8) is 0 Å². The molecule has 4 rings (SSSR count). The molecular weight excluding hydrogens is 400 g/mol. The van der Waals surface area contributed by atoms with E-state index in [2.05, 4.69) is 41.1 Å². The van der Waals surface area contributed by atoms with Crippen molar-refractivity contribution in [2.75, 3.05) is 59.0 Å². The molecule has 7 nitrogen and oxygen atoms in total. The van der Waals surface area contributed by atoms with Crippen LogP contribution in [-0.2, 0) is 16.0 Å². The molecule has 0 aliphatic carbocycles. The Labute approximate surface area is 181 Å². The van der Waals surface area contributed by atoms with Gasteiger partial charge in [-0.1, -0.05) is 31.2 Å². The molecule has 0 saturated carbocycles. The Kier molecular flexibility index (Phi) is 6.76. The van der Waals surface area contributed by atoms with Crippen molar-refractivity contribution in [1.29, 1.82) is 0 Å². The number of hydrogen-bond donors (Lipinski definition) is 0. The van der Waals surface area contributed by atoms with Gasteiger partial charge in [0, 0.05) is 50.2 Å². The van der Waals surface area contributed by atoms with Crippen molar-refractivity contribution in [2.24, 2.45) is 0 Å². The van der Waals surface area contributed by atoms with Crippen LogP contribution in [0, 0.1) is 0 Å². The summed E-state index contributed by atoms with van der Waals surface area (Å²) < 4.78 is 5.33. The summed E-state index contributed by atoms with van der Waals surface area (Å²) in [6.45, 7) is 7.79. The maximum Gasteiger partial charge on any atom is 0.273 e. The molecule has 2 aliphatic rings. The molecule has 2 amide bonds. The van der Waals surface area contributed by atoms with Crippen LogP contribution in [0.15, 0.2) is 29.6 Å². The van der Waals surface area contributed by atoms with Crippen molar-refractivity contribution in [3.8, 4) is 10.6 Å². The first-order chi connectivity index (χ1) is 14.6. The Hall–Kier alpha value is -2.29. The Bertz CT molecular complexity index is 869. The standard InChI is InChI=1S/C22H28N4O3S/c1-2-17-3-5-18(6-4-17)21-23-19(16-30-21)22(28)26-9-7-25(8-10-26)20(27)15-24-11-13-29-14-12-24/h3-6,16H,2,7-15H2,1H3. The molecule has 2 fully saturated rings. The number of amides is 2. The van der Waals surface area contributed by atoms with E-state index in [0.29, 0.717) is 51.6 Å². The molecule has 3 heterocycles. The third-order valence-electron chi connectivity index (χ3n) is 5.71. The van der Waals surface area contributed by atoms with Gasteiger partial charge in [0.2, 0.25) is 5.91 Å². The van der Waals surface area contributed by atoms with Gasteiger partial charge in [0.25, 0.3) is 5.91 Å². The second-order valence-electron chi connectivity index (χ2n) is 7.65. The lowest BCUT2D eigenvalue weighted by atomic mass is 10.1. The first-order valence-electron chi connectivity index (χ1n) is 10.6. The first-order valence-corrected chi connectivity index (χ1v) is 11.4. The fourth-order valence-corrected chi connectivity index (χ4v) is 4.56. The zero-order chi connectivity index (χ0) is 20.9. The van der Waals surface area contributed by atoms with E-state index in [0.717, 1.165) is 30.1 Å². The molecule has 0 radical (unpaired) electrons. The fourth-order valence-electron chi connectivity index (χ4n) is 3.76. The molecule has 8 heteroatoms. The molecule has 0 spiro atoms. The van der Waals surface area contributed by atoms with Gasteiger partial charge < -0.3 is 14.5 Å². The largest absolute Gasteiger partial charge is 0.379 e. The van der Waals surface area contributed by atoms with Gasteiger partial charge in [-0.3, -0.25) is 14.5 Å². The predicted octanol–water partition coefficient (Wildman–Crippen LogP) is 1.99. The van der Waals surface area contributed by atoms with Gasteiger partial charge in [0.15, 0.2) is 0 Å². The fraction of sp³-hybridized carbons (Fsp3) is 0.500. The van der Waals surface area contributed by atoms with Gasteiger partial charge in [0.1, 0.15) is 10.7 Å². The molecule has 2 aromatic rings. The van der Waals surface area contributed by atoms with E-state index in [1.54, 1.807) is 4.90 Å². The summed E-state index contributed by atoms with van der Waals surface area (Å²) in [5, 5.41) is 2.70. The van der Waals surface area contributed by atoms with Crippen molar-refractivity contribution in [2.45, 2.75) is 13.3 Å². The number of aromatic nitrogens is 1. The molecular formula is C22H28N4O3S. The summed E-state index contributed by atoms with van der Waals surface area (Å²) in [4.78, 5) is 35.8. The Morgan fingerprint density at radius 3 is 2.33 bits per heavy atom. The minimum absolute atomic E-state index is 0.0528. The van der Waals surface area contributed by atoms with Gasteiger partial charge in [-0.2, -0.15) is 0 Å². The number of hydrogen-bond acceptors (Lipinski definition) is 6. The SMILES string of the molecule is CCc1ccc(-c2nc(C(=O)N3CCN(C(=O)CN4CCOCC4)CC3)cs2)cc1. The topological polar surface area (TPSA) is 66.0 Å². The van der Waals surface area contributed by atoms with E-state index >= 15 is 0 Å². The number of ether oxygens (including phenoxy) is 1. The summed E-state index contributed by atoms with van der Waals surface area (Å²) in [5.74, 6) is 0.0819. The number of carbonyl (C=O) groups excluding carboxylic acids is 2. The number of thiazole rings is 1. The van der Waals surface area contributed by atoms with Crippen LogP contribution >= 0.6 is 11.3 Å². The third-order valence-corrected chi connectivity index (χ3v) is 6.61. The van der Waals surface area contributed by atoms with Crippen LogP contribution in [0.2, 0.25) is 0 Å². The highest BCUT2D eigenvalue weighted by atomic mass is 32.1. The summed E-state index contributed by atoms with van der Waals surface area (Å²) in [6, 6.07) is 8.33. The van der Waals surface area contributed by atoms with Gasteiger partial charge >= 0.3 is 0 Å². The maximum atomic E-state index is 12.9. The van der Waals surface area contributed by atoms with Crippen molar-refractivity contribution < 1.29 is 14.3 Å². The van der Waals surface area contributed by atoms with Crippen LogP contribution in [0.5, 0.6) is 0 Å². The number of rotatable bonds is 5. The van der Waals surface area contributed by atoms with Crippen LogP contribution < -0.4 is 0 Å². The van der Waals surface area contributed by atoms with Crippen LogP contribution in [0.4, 0.5) is 0 Å². The average Bonchev–Trinajstić information content (AvgIpc) is 3.30. The molecule has 1 aromatic carbocycles. The third kappa shape index (κ3) is 4.88. The highest BCUT2D eigenvalue weighted by Crippen LogP contribution is 2.25. The molecule has 1 aromatic heterocycles. The second kappa shape index (κ2) is 9.68. The van der Waals surface area contributed by atoms with E-state index in [-0.39, 0.29) is 11.8 Å². The van der Waals surface area contributed by atoms with Crippen LogP contribution in [0.1, 0.15) is 23.0 Å². The molecule has 0 unspecified atom stereocenters. The summed E-state index contributed by atoms with van der Waals surface area (Å²) in [7, 11) is 0. The molecule has 0 atom stereocenters. The van der Waals surface area contributed by atoms with E-state index in [1.165, 1.54) is 16.9 Å². The lowest BCUT2D eigenvalue weighted by molar-refractivity contribution is -0.134. The predicted molar refractivity (Wildman–Crippen MR) is 117 cm³/mol. The van der Waals surface area contributed by atoms with Gasteiger partial charge in [-0.25, -0.2) is 4.98 Å². The van der Waals surface area contributed by atoms with Crippen LogP contribution in [-0.4, -0.2) is 90.5 Å². The van der Waals surface area contributed by atoms with Gasteiger partial charge in [-0.15, -0.1) is 11.3 Å². The zero-order valence-corrected chi connectivity index (χ0v) is 18.2. The van der Waals surface area contributed by atoms with Gasteiger partial charge in [0.05, 0.1) is 19.8 Å². The van der Waals surface area contributed by atoms with E-state index in [1.807, 2.05) is 10.3 Å². The van der Waals surface area contributed by atoms with Crippen LogP contribution in [0.3, 0.4) is 0 Å². The quantitative estimate of drug-likeness (QED) is 0.729. The Balaban J connectivity index is 1.31. The van der Waals surface area contributed by atoms with Crippen molar-refractivity contribution in [3.05, 3.63) is 40.9 Å². The normalized spacial score (nSPS) is 17.9. The van der Waals surface area contributed by atoms with Gasteiger partial charge in [-0.05, 0) is 12.0 Å². The van der Waals surface area contributed by atoms with Crippen LogP contribution in [0.25, 0.3) is 10.6 Å². The number of nitrogens with zero attached hydrogens (tertiary/aromatic N) is 4. The number of morpholine rings is 1. The number of aryl methyl sites for hydroxylation is 1. The Morgan fingerprint density at radius 2 is 1.67 bits per heavy atom. The van der Waals surface area contributed by atoms with E-state index < -0.39 is 0 Å². The average molecular weight is 429 g/mol. The molecule has 0 bridgehead atoms. The number of carbonyl (C=O) groups is 2. The molecule has 0 N–H and O–H groups in total. The summed E-state index contributed by atoms with van der Waals surface area (Å²) >= 11 is 1.49. The molecule has 2 aliphatic heterocycles.